The summed E-state index contributed by atoms with van der Waals surface area (Å²) in [5, 5.41) is 0. The van der Waals surface area contributed by atoms with E-state index in [1.54, 1.807) is 0 Å². The van der Waals surface area contributed by atoms with Crippen molar-refractivity contribution in [1.82, 2.24) is 0 Å². The summed E-state index contributed by atoms with van der Waals surface area (Å²) in [6, 6.07) is 12.5. The topological polar surface area (TPSA) is 43.4 Å². The van der Waals surface area contributed by atoms with Gasteiger partial charge in [-0.15, -0.1) is 0 Å². The molecule has 0 aliphatic carbocycles. The van der Waals surface area contributed by atoms with Gasteiger partial charge in [-0.2, -0.15) is 36.4 Å². The molecule has 0 amide bonds. The quantitative estimate of drug-likeness (QED) is 0.401. The molecule has 0 bridgehead atoms. The number of benzene rings is 1. The fourth-order valence-corrected chi connectivity index (χ4v) is 0.704. The van der Waals surface area contributed by atoms with Gasteiger partial charge in [-0.05, 0) is 0 Å². The van der Waals surface area contributed by atoms with Crippen LogP contribution in [0.2, 0.25) is 0 Å². The summed E-state index contributed by atoms with van der Waals surface area (Å²) >= 11 is 0. The average molecular weight is 265 g/mol. The molecule has 0 saturated carbocycles. The van der Waals surface area contributed by atoms with Crippen LogP contribution in [-0.4, -0.2) is 11.9 Å². The molecule has 1 aromatic carbocycles. The second kappa shape index (κ2) is 7.71. The SMILES string of the molecule is O=C1[CH-]CC(=O)O1.[Y].[c-]1ccccc1. The maximum atomic E-state index is 9.98. The number of hydrogen-bond donors (Lipinski definition) is 0. The molecular formula is C10H8O3Y-2. The van der Waals surface area contributed by atoms with Crippen molar-refractivity contribution in [3.8, 4) is 0 Å². The molecule has 1 fully saturated rings. The predicted octanol–water partition coefficient (Wildman–Crippen LogP) is 1.15. The van der Waals surface area contributed by atoms with Gasteiger partial charge in [0.25, 0.3) is 5.97 Å². The second-order valence-electron chi connectivity index (χ2n) is 2.28. The first-order chi connectivity index (χ1) is 6.29. The molecule has 14 heavy (non-hydrogen) atoms. The summed E-state index contributed by atoms with van der Waals surface area (Å²) in [7, 11) is 0. The van der Waals surface area contributed by atoms with Gasteiger partial charge in [-0.25, -0.2) is 0 Å². The van der Waals surface area contributed by atoms with Crippen LogP contribution in [0.3, 0.4) is 0 Å². The fourth-order valence-electron chi connectivity index (χ4n) is 0.704. The molecule has 0 atom stereocenters. The van der Waals surface area contributed by atoms with E-state index in [-0.39, 0.29) is 39.1 Å². The summed E-state index contributed by atoms with van der Waals surface area (Å²) in [4.78, 5) is 19.9. The smallest absolute Gasteiger partial charge is 0.284 e. The Balaban J connectivity index is 0.000000227. The van der Waals surface area contributed by atoms with Crippen LogP contribution in [0, 0.1) is 12.5 Å². The molecule has 2 rings (SSSR count). The van der Waals surface area contributed by atoms with Crippen molar-refractivity contribution in [3.63, 3.8) is 0 Å². The number of hydrogen-bond acceptors (Lipinski definition) is 3. The monoisotopic (exact) mass is 265 g/mol. The number of cyclic esters (lactones) is 2. The standard InChI is InChI=1S/C6H5.C4H3O3.Y/c1-2-4-6-5-3-1;5-3-1-2-4(6)7-3;/h1-5H;1H,2H2;/q2*-1;. The fraction of sp³-hybridized carbons (Fsp3) is 0.100. The van der Waals surface area contributed by atoms with Crippen molar-refractivity contribution in [2.75, 3.05) is 0 Å². The van der Waals surface area contributed by atoms with Crippen LogP contribution < -0.4 is 0 Å². The van der Waals surface area contributed by atoms with Crippen molar-refractivity contribution in [2.24, 2.45) is 0 Å². The van der Waals surface area contributed by atoms with Crippen molar-refractivity contribution in [2.45, 2.75) is 6.42 Å². The van der Waals surface area contributed by atoms with Gasteiger partial charge in [-0.1, -0.05) is 6.42 Å². The van der Waals surface area contributed by atoms with Crippen LogP contribution in [0.4, 0.5) is 0 Å². The Morgan fingerprint density at radius 1 is 1.21 bits per heavy atom. The molecule has 1 saturated heterocycles. The minimum atomic E-state index is -0.523. The van der Waals surface area contributed by atoms with Gasteiger partial charge >= 0.3 is 0 Å². The second-order valence-corrected chi connectivity index (χ2v) is 2.28. The van der Waals surface area contributed by atoms with Gasteiger partial charge < -0.3 is 4.74 Å². The normalized spacial score (nSPS) is 12.9. The molecule has 3 nitrogen and oxygen atoms in total. The number of carbonyl (C=O) groups is 2. The zero-order valence-electron chi connectivity index (χ0n) is 7.47. The Morgan fingerprint density at radius 3 is 2.00 bits per heavy atom. The minimum absolute atomic E-state index is 0. The van der Waals surface area contributed by atoms with Crippen LogP contribution in [0.1, 0.15) is 6.42 Å². The maximum Gasteiger partial charge on any atom is 0.284 e. The van der Waals surface area contributed by atoms with Crippen molar-refractivity contribution in [3.05, 3.63) is 42.8 Å². The summed E-state index contributed by atoms with van der Waals surface area (Å²) in [6.07, 6.45) is 1.35. The molecule has 0 unspecified atom stereocenters. The summed E-state index contributed by atoms with van der Waals surface area (Å²) in [5.41, 5.74) is 0. The van der Waals surface area contributed by atoms with E-state index < -0.39 is 11.9 Å². The van der Waals surface area contributed by atoms with E-state index in [0.29, 0.717) is 0 Å². The Bertz CT molecular complexity index is 244. The zero-order chi connectivity index (χ0) is 9.52. The number of rotatable bonds is 0. The molecule has 1 aliphatic rings. The molecule has 1 heterocycles. The first-order valence-electron chi connectivity index (χ1n) is 3.78. The minimum Gasteiger partial charge on any atom is -0.423 e. The number of esters is 2. The van der Waals surface area contributed by atoms with Gasteiger partial charge in [0.2, 0.25) is 0 Å². The van der Waals surface area contributed by atoms with Crippen LogP contribution in [-0.2, 0) is 47.0 Å². The van der Waals surface area contributed by atoms with Crippen LogP contribution in [0.15, 0.2) is 30.3 Å². The molecule has 1 radical (unpaired) electrons. The Morgan fingerprint density at radius 2 is 1.86 bits per heavy atom. The Kier molecular flexibility index (Phi) is 7.34. The van der Waals surface area contributed by atoms with Crippen LogP contribution in [0.25, 0.3) is 0 Å². The number of ether oxygens (including phenoxy) is 1. The first kappa shape index (κ1) is 13.3. The van der Waals surface area contributed by atoms with Crippen molar-refractivity contribution in [1.29, 1.82) is 0 Å². The van der Waals surface area contributed by atoms with Crippen molar-refractivity contribution < 1.29 is 47.0 Å². The predicted molar refractivity (Wildman–Crippen MR) is 45.3 cm³/mol. The van der Waals surface area contributed by atoms with E-state index in [1.165, 1.54) is 6.42 Å². The molecule has 0 spiro atoms. The third-order valence-electron chi connectivity index (χ3n) is 1.26. The summed E-state index contributed by atoms with van der Waals surface area (Å²) in [5.74, 6) is -0.977. The molecular weight excluding hydrogens is 257 g/mol. The first-order valence-corrected chi connectivity index (χ1v) is 3.78. The molecule has 0 aromatic heterocycles. The maximum absolute atomic E-state index is 9.98. The van der Waals surface area contributed by atoms with E-state index in [9.17, 15) is 9.59 Å². The molecule has 1 aliphatic heterocycles. The third-order valence-corrected chi connectivity index (χ3v) is 1.26. The van der Waals surface area contributed by atoms with E-state index >= 15 is 0 Å². The van der Waals surface area contributed by atoms with Crippen LogP contribution >= 0.6 is 0 Å². The van der Waals surface area contributed by atoms with Gasteiger partial charge in [0.15, 0.2) is 5.97 Å². The van der Waals surface area contributed by atoms with Crippen LogP contribution in [0.5, 0.6) is 0 Å². The average Bonchev–Trinajstić information content (AvgIpc) is 2.54. The summed E-state index contributed by atoms with van der Waals surface area (Å²) < 4.78 is 4.03. The molecule has 0 N–H and O–H groups in total. The largest absolute Gasteiger partial charge is 0.423 e. The van der Waals surface area contributed by atoms with Crippen molar-refractivity contribution >= 4 is 11.9 Å². The third kappa shape index (κ3) is 5.89. The van der Waals surface area contributed by atoms with Gasteiger partial charge in [0, 0.05) is 32.7 Å². The van der Waals surface area contributed by atoms with E-state index in [4.69, 9.17) is 0 Å². The Hall–Kier alpha value is -0.666. The van der Waals surface area contributed by atoms with E-state index in [1.807, 2.05) is 30.3 Å². The van der Waals surface area contributed by atoms with Gasteiger partial charge in [0.1, 0.15) is 0 Å². The van der Waals surface area contributed by atoms with Gasteiger partial charge in [0.05, 0.1) is 0 Å². The summed E-state index contributed by atoms with van der Waals surface area (Å²) in [6.45, 7) is 0. The molecule has 4 heteroatoms. The van der Waals surface area contributed by atoms with E-state index in [0.717, 1.165) is 0 Å². The molecule has 1 aromatic rings. The number of carbonyl (C=O) groups excluding carboxylic acids is 2. The zero-order valence-corrected chi connectivity index (χ0v) is 10.3. The molecule has 71 valence electrons. The Labute approximate surface area is 108 Å². The van der Waals surface area contributed by atoms with E-state index in [2.05, 4.69) is 10.8 Å². The van der Waals surface area contributed by atoms with Gasteiger partial charge in [-0.3, -0.25) is 16.0 Å².